The Morgan fingerprint density at radius 3 is 2.66 bits per heavy atom. The summed E-state index contributed by atoms with van der Waals surface area (Å²) in [6.45, 7) is 7.04. The number of benzene rings is 1. The summed E-state index contributed by atoms with van der Waals surface area (Å²) in [5.41, 5.74) is 9.09. The van der Waals surface area contributed by atoms with Gasteiger partial charge in [0.1, 0.15) is 0 Å². The van der Waals surface area contributed by atoms with Crippen LogP contribution in [0, 0.1) is 6.92 Å². The molecule has 1 aromatic carbocycles. The Morgan fingerprint density at radius 2 is 2.00 bits per heavy atom. The van der Waals surface area contributed by atoms with Crippen LogP contribution in [-0.4, -0.2) is 26.8 Å². The average Bonchev–Trinajstić information content (AvgIpc) is 3.36. The van der Waals surface area contributed by atoms with Gasteiger partial charge in [0.15, 0.2) is 0 Å². The fourth-order valence-electron chi connectivity index (χ4n) is 4.15. The third-order valence-electron chi connectivity index (χ3n) is 5.82. The lowest BCUT2D eigenvalue weighted by atomic mass is 10.00. The summed E-state index contributed by atoms with van der Waals surface area (Å²) >= 11 is 1.61. The number of aryl methyl sites for hydroxylation is 1. The quantitative estimate of drug-likeness (QED) is 0.511. The number of nitrogens with zero attached hydrogens (tertiary/aromatic N) is 3. The van der Waals surface area contributed by atoms with Gasteiger partial charge in [0, 0.05) is 22.7 Å². The third kappa shape index (κ3) is 3.97. The van der Waals surface area contributed by atoms with Crippen LogP contribution >= 0.6 is 11.3 Å². The predicted molar refractivity (Wildman–Crippen MR) is 118 cm³/mol. The first-order chi connectivity index (χ1) is 14.1. The number of pyridine rings is 1. The van der Waals surface area contributed by atoms with Gasteiger partial charge in [-0.2, -0.15) is 0 Å². The lowest BCUT2D eigenvalue weighted by Gasteiger charge is -2.26. The average molecular weight is 406 g/mol. The van der Waals surface area contributed by atoms with Gasteiger partial charge >= 0.3 is 0 Å². The standard InChI is InChI=1S/C24H27N3OS/c1-4-6-20(5-2)27-13-22-21(24(27)28)12-19(16(3)26-22)11-17-7-9-18(10-8-17)23-14-29-15-25-23/h7-10,12,14-15,20H,4-6,11,13H2,1-3H3/t20-/m0/s1. The number of rotatable bonds is 7. The summed E-state index contributed by atoms with van der Waals surface area (Å²) in [5.74, 6) is 0.146. The second-order valence-corrected chi connectivity index (χ2v) is 8.48. The first-order valence-electron chi connectivity index (χ1n) is 10.4. The largest absolute Gasteiger partial charge is 0.330 e. The first-order valence-corrected chi connectivity index (χ1v) is 11.3. The van der Waals surface area contributed by atoms with Crippen LogP contribution in [0.5, 0.6) is 0 Å². The third-order valence-corrected chi connectivity index (χ3v) is 6.41. The molecule has 3 aromatic rings. The Morgan fingerprint density at radius 1 is 1.21 bits per heavy atom. The molecule has 0 aliphatic carbocycles. The lowest BCUT2D eigenvalue weighted by Crippen LogP contribution is -2.35. The number of hydrogen-bond donors (Lipinski definition) is 0. The first kappa shape index (κ1) is 19.8. The molecule has 0 bridgehead atoms. The highest BCUT2D eigenvalue weighted by molar-refractivity contribution is 7.07. The summed E-state index contributed by atoms with van der Waals surface area (Å²) in [4.78, 5) is 24.2. The monoisotopic (exact) mass is 405 g/mol. The zero-order chi connectivity index (χ0) is 20.4. The zero-order valence-corrected chi connectivity index (χ0v) is 18.1. The molecule has 1 aliphatic rings. The van der Waals surface area contributed by atoms with Gasteiger partial charge in [-0.3, -0.25) is 9.78 Å². The maximum absolute atomic E-state index is 13.0. The van der Waals surface area contributed by atoms with Crippen molar-refractivity contribution >= 4 is 17.2 Å². The van der Waals surface area contributed by atoms with E-state index in [9.17, 15) is 4.79 Å². The molecule has 150 valence electrons. The van der Waals surface area contributed by atoms with E-state index in [0.29, 0.717) is 12.6 Å². The number of amides is 1. The lowest BCUT2D eigenvalue weighted by molar-refractivity contribution is 0.0687. The van der Waals surface area contributed by atoms with Crippen LogP contribution in [0.2, 0.25) is 0 Å². The van der Waals surface area contributed by atoms with E-state index in [2.05, 4.69) is 61.5 Å². The Balaban J connectivity index is 1.55. The van der Waals surface area contributed by atoms with Gasteiger partial charge in [-0.25, -0.2) is 4.98 Å². The fraction of sp³-hybridized carbons (Fsp3) is 0.375. The maximum Gasteiger partial charge on any atom is 0.256 e. The highest BCUT2D eigenvalue weighted by Gasteiger charge is 2.33. The normalized spacial score (nSPS) is 14.3. The number of aromatic nitrogens is 2. The molecule has 0 saturated heterocycles. The van der Waals surface area contributed by atoms with Crippen molar-refractivity contribution in [2.75, 3.05) is 0 Å². The van der Waals surface area contributed by atoms with Gasteiger partial charge in [0.2, 0.25) is 0 Å². The second-order valence-electron chi connectivity index (χ2n) is 7.76. The number of fused-ring (bicyclic) bond motifs is 1. The van der Waals surface area contributed by atoms with Crippen molar-refractivity contribution in [2.24, 2.45) is 0 Å². The predicted octanol–water partition coefficient (Wildman–Crippen LogP) is 5.64. The van der Waals surface area contributed by atoms with Gasteiger partial charge in [-0.15, -0.1) is 11.3 Å². The molecule has 0 spiro atoms. The van der Waals surface area contributed by atoms with Crippen molar-refractivity contribution in [1.29, 1.82) is 0 Å². The molecule has 3 heterocycles. The number of carbonyl (C=O) groups excluding carboxylic acids is 1. The molecule has 1 aliphatic heterocycles. The van der Waals surface area contributed by atoms with E-state index in [1.165, 1.54) is 5.56 Å². The van der Waals surface area contributed by atoms with Crippen LogP contribution < -0.4 is 0 Å². The minimum absolute atomic E-state index is 0.146. The van der Waals surface area contributed by atoms with E-state index in [1.807, 2.05) is 10.4 Å². The Bertz CT molecular complexity index is 996. The zero-order valence-electron chi connectivity index (χ0n) is 17.3. The van der Waals surface area contributed by atoms with Crippen LogP contribution in [0.1, 0.15) is 66.0 Å². The molecule has 0 fully saturated rings. The fourth-order valence-corrected chi connectivity index (χ4v) is 4.71. The smallest absolute Gasteiger partial charge is 0.256 e. The van der Waals surface area contributed by atoms with Crippen molar-refractivity contribution in [1.82, 2.24) is 14.9 Å². The summed E-state index contributed by atoms with van der Waals surface area (Å²) in [6.07, 6.45) is 3.91. The molecule has 0 saturated carbocycles. The molecule has 4 rings (SSSR count). The van der Waals surface area contributed by atoms with E-state index in [1.54, 1.807) is 11.3 Å². The molecule has 4 nitrogen and oxygen atoms in total. The molecule has 1 amide bonds. The van der Waals surface area contributed by atoms with E-state index in [-0.39, 0.29) is 5.91 Å². The van der Waals surface area contributed by atoms with Gasteiger partial charge in [0.05, 0.1) is 29.0 Å². The second kappa shape index (κ2) is 8.46. The van der Waals surface area contributed by atoms with E-state index in [4.69, 9.17) is 4.98 Å². The minimum atomic E-state index is 0.146. The van der Waals surface area contributed by atoms with Crippen molar-refractivity contribution in [2.45, 2.75) is 59.0 Å². The van der Waals surface area contributed by atoms with E-state index < -0.39 is 0 Å². The molecule has 29 heavy (non-hydrogen) atoms. The summed E-state index contributed by atoms with van der Waals surface area (Å²) in [7, 11) is 0. The molecule has 5 heteroatoms. The molecule has 1 atom stereocenters. The maximum atomic E-state index is 13.0. The molecule has 0 N–H and O–H groups in total. The van der Waals surface area contributed by atoms with Crippen LogP contribution in [0.4, 0.5) is 0 Å². The number of thiazole rings is 1. The van der Waals surface area contributed by atoms with Crippen molar-refractivity contribution in [3.8, 4) is 11.3 Å². The van der Waals surface area contributed by atoms with Crippen LogP contribution in [0.25, 0.3) is 11.3 Å². The van der Waals surface area contributed by atoms with Gasteiger partial charge in [0.25, 0.3) is 5.91 Å². The molecular formula is C24H27N3OS. The van der Waals surface area contributed by atoms with E-state index in [0.717, 1.165) is 59.5 Å². The van der Waals surface area contributed by atoms with Crippen LogP contribution in [0.15, 0.2) is 41.2 Å². The number of hydrogen-bond acceptors (Lipinski definition) is 4. The van der Waals surface area contributed by atoms with Gasteiger partial charge in [-0.1, -0.05) is 44.5 Å². The summed E-state index contributed by atoms with van der Waals surface area (Å²) in [6, 6.07) is 10.9. The summed E-state index contributed by atoms with van der Waals surface area (Å²) < 4.78 is 0. The topological polar surface area (TPSA) is 46.1 Å². The van der Waals surface area contributed by atoms with Crippen molar-refractivity contribution in [3.05, 3.63) is 69.3 Å². The molecular weight excluding hydrogens is 378 g/mol. The number of carbonyl (C=O) groups is 1. The van der Waals surface area contributed by atoms with Crippen LogP contribution in [-0.2, 0) is 13.0 Å². The van der Waals surface area contributed by atoms with Gasteiger partial charge < -0.3 is 4.90 Å². The Hall–Kier alpha value is -2.53. The highest BCUT2D eigenvalue weighted by atomic mass is 32.1. The highest BCUT2D eigenvalue weighted by Crippen LogP contribution is 2.29. The van der Waals surface area contributed by atoms with Gasteiger partial charge in [-0.05, 0) is 43.4 Å². The van der Waals surface area contributed by atoms with E-state index >= 15 is 0 Å². The van der Waals surface area contributed by atoms with Crippen molar-refractivity contribution in [3.63, 3.8) is 0 Å². The molecule has 0 unspecified atom stereocenters. The Kier molecular flexibility index (Phi) is 5.76. The minimum Gasteiger partial charge on any atom is -0.330 e. The molecule has 2 aromatic heterocycles. The molecule has 0 radical (unpaired) electrons. The Labute approximate surface area is 176 Å². The summed E-state index contributed by atoms with van der Waals surface area (Å²) in [5, 5.41) is 2.06. The SMILES string of the molecule is CCC[C@H](CC)N1Cc2nc(C)c(Cc3ccc(-c4cscn4)cc3)cc2C1=O. The van der Waals surface area contributed by atoms with Crippen molar-refractivity contribution < 1.29 is 4.79 Å². The van der Waals surface area contributed by atoms with Crippen LogP contribution in [0.3, 0.4) is 0 Å².